The van der Waals surface area contributed by atoms with Crippen molar-refractivity contribution in [3.8, 4) is 0 Å². The fourth-order valence-corrected chi connectivity index (χ4v) is 2.78. The molecule has 0 saturated carbocycles. The highest BCUT2D eigenvalue weighted by Crippen LogP contribution is 2.22. The number of fused-ring (bicyclic) bond motifs is 1. The zero-order chi connectivity index (χ0) is 13.2. The number of benzene rings is 1. The maximum atomic E-state index is 12.1. The third-order valence-corrected chi connectivity index (χ3v) is 3.88. The first-order valence-electron chi connectivity index (χ1n) is 7.01. The van der Waals surface area contributed by atoms with Gasteiger partial charge in [-0.15, -0.1) is 0 Å². The van der Waals surface area contributed by atoms with Crippen LogP contribution in [0.4, 0.5) is 5.69 Å². The Bertz CT molecular complexity index is 487. The van der Waals surface area contributed by atoms with E-state index in [0.717, 1.165) is 38.0 Å². The minimum Gasteiger partial charge on any atom is -0.365 e. The van der Waals surface area contributed by atoms with E-state index in [9.17, 15) is 4.79 Å². The molecule has 0 spiro atoms. The molecule has 19 heavy (non-hydrogen) atoms. The molecule has 1 aromatic rings. The van der Waals surface area contributed by atoms with Crippen LogP contribution in [0.15, 0.2) is 18.2 Å². The molecule has 1 aromatic carbocycles. The minimum absolute atomic E-state index is 0.0203. The van der Waals surface area contributed by atoms with Crippen LogP contribution < -0.4 is 10.6 Å². The Hall–Kier alpha value is -1.39. The second-order valence-corrected chi connectivity index (χ2v) is 5.41. The number of carbonyl (C=O) groups excluding carboxylic acids is 1. The first kappa shape index (κ1) is 12.6. The molecule has 4 nitrogen and oxygen atoms in total. The molecule has 102 valence electrons. The maximum Gasteiger partial charge on any atom is 0.253 e. The number of nitrogens with one attached hydrogen (secondary N) is 2. The molecule has 2 atom stereocenters. The highest BCUT2D eigenvalue weighted by molar-refractivity contribution is 5.94. The van der Waals surface area contributed by atoms with Gasteiger partial charge in [0.1, 0.15) is 6.10 Å². The summed E-state index contributed by atoms with van der Waals surface area (Å²) >= 11 is 0. The molecule has 2 heterocycles. The van der Waals surface area contributed by atoms with E-state index in [4.69, 9.17) is 4.74 Å². The van der Waals surface area contributed by atoms with E-state index >= 15 is 0 Å². The molecule has 0 radical (unpaired) electrons. The van der Waals surface area contributed by atoms with Gasteiger partial charge in [-0.25, -0.2) is 0 Å². The largest absolute Gasteiger partial charge is 0.365 e. The van der Waals surface area contributed by atoms with Crippen molar-refractivity contribution in [2.75, 3.05) is 11.9 Å². The van der Waals surface area contributed by atoms with E-state index in [0.29, 0.717) is 0 Å². The Kier molecular flexibility index (Phi) is 3.53. The van der Waals surface area contributed by atoms with E-state index < -0.39 is 0 Å². The van der Waals surface area contributed by atoms with Crippen molar-refractivity contribution in [3.63, 3.8) is 0 Å². The normalized spacial score (nSPS) is 25.9. The predicted molar refractivity (Wildman–Crippen MR) is 74.1 cm³/mol. The van der Waals surface area contributed by atoms with Crippen LogP contribution in [0.5, 0.6) is 0 Å². The lowest BCUT2D eigenvalue weighted by atomic mass is 10.0. The van der Waals surface area contributed by atoms with Crippen molar-refractivity contribution in [2.45, 2.75) is 44.9 Å². The van der Waals surface area contributed by atoms with Gasteiger partial charge in [0.05, 0.1) is 6.10 Å². The standard InChI is InChI=1S/C15H20N2O2/c1-10-2-5-14(19-10)15(18)17-13-4-3-11-6-7-16-9-12(11)8-13/h3-4,8,10,14,16H,2,5-7,9H2,1H3,(H,17,18). The number of amides is 1. The summed E-state index contributed by atoms with van der Waals surface area (Å²) in [6.45, 7) is 3.93. The first-order valence-corrected chi connectivity index (χ1v) is 7.01. The lowest BCUT2D eigenvalue weighted by Gasteiger charge is -2.18. The number of hydrogen-bond acceptors (Lipinski definition) is 3. The highest BCUT2D eigenvalue weighted by Gasteiger charge is 2.28. The van der Waals surface area contributed by atoms with Gasteiger partial charge in [-0.3, -0.25) is 4.79 Å². The summed E-state index contributed by atoms with van der Waals surface area (Å²) in [5, 5.41) is 6.31. The van der Waals surface area contributed by atoms with Gasteiger partial charge in [0.25, 0.3) is 5.91 Å². The predicted octanol–water partition coefficient (Wildman–Crippen LogP) is 1.84. The van der Waals surface area contributed by atoms with E-state index in [1.165, 1.54) is 11.1 Å². The van der Waals surface area contributed by atoms with E-state index in [2.05, 4.69) is 22.8 Å². The third-order valence-electron chi connectivity index (χ3n) is 3.88. The van der Waals surface area contributed by atoms with Crippen LogP contribution in [-0.2, 0) is 22.5 Å². The van der Waals surface area contributed by atoms with Gasteiger partial charge in [0.15, 0.2) is 0 Å². The monoisotopic (exact) mass is 260 g/mol. The summed E-state index contributed by atoms with van der Waals surface area (Å²) in [4.78, 5) is 12.1. The van der Waals surface area contributed by atoms with Crippen LogP contribution in [-0.4, -0.2) is 24.7 Å². The number of anilines is 1. The molecule has 2 aliphatic rings. The van der Waals surface area contributed by atoms with E-state index in [-0.39, 0.29) is 18.1 Å². The van der Waals surface area contributed by atoms with Crippen LogP contribution in [0.3, 0.4) is 0 Å². The second-order valence-electron chi connectivity index (χ2n) is 5.41. The summed E-state index contributed by atoms with van der Waals surface area (Å²) in [6, 6.07) is 6.17. The molecular weight excluding hydrogens is 240 g/mol. The van der Waals surface area contributed by atoms with E-state index in [1.807, 2.05) is 13.0 Å². The molecule has 2 aliphatic heterocycles. The van der Waals surface area contributed by atoms with Gasteiger partial charge >= 0.3 is 0 Å². The fourth-order valence-electron chi connectivity index (χ4n) is 2.78. The van der Waals surface area contributed by atoms with Gasteiger partial charge < -0.3 is 15.4 Å². The van der Waals surface area contributed by atoms with Crippen molar-refractivity contribution in [3.05, 3.63) is 29.3 Å². The molecule has 1 saturated heterocycles. The quantitative estimate of drug-likeness (QED) is 0.853. The zero-order valence-corrected chi connectivity index (χ0v) is 11.2. The maximum absolute atomic E-state index is 12.1. The molecule has 2 unspecified atom stereocenters. The average Bonchev–Trinajstić information content (AvgIpc) is 2.85. The summed E-state index contributed by atoms with van der Waals surface area (Å²) in [6.07, 6.45) is 2.76. The molecule has 4 heteroatoms. The molecule has 0 bridgehead atoms. The van der Waals surface area contributed by atoms with Gasteiger partial charge in [0, 0.05) is 12.2 Å². The average molecular weight is 260 g/mol. The number of hydrogen-bond donors (Lipinski definition) is 2. The zero-order valence-electron chi connectivity index (χ0n) is 11.2. The molecular formula is C15H20N2O2. The Labute approximate surface area is 113 Å². The third kappa shape index (κ3) is 2.80. The smallest absolute Gasteiger partial charge is 0.253 e. The molecule has 0 aromatic heterocycles. The van der Waals surface area contributed by atoms with Crippen molar-refractivity contribution >= 4 is 11.6 Å². The molecule has 3 rings (SSSR count). The van der Waals surface area contributed by atoms with Crippen molar-refractivity contribution in [1.29, 1.82) is 0 Å². The minimum atomic E-state index is -0.288. The Balaban J connectivity index is 1.68. The summed E-state index contributed by atoms with van der Waals surface area (Å²) in [7, 11) is 0. The first-order chi connectivity index (χ1) is 9.22. The van der Waals surface area contributed by atoms with Crippen LogP contribution in [0.25, 0.3) is 0 Å². The van der Waals surface area contributed by atoms with Crippen LogP contribution in [0.1, 0.15) is 30.9 Å². The summed E-state index contributed by atoms with van der Waals surface area (Å²) < 4.78 is 5.58. The van der Waals surface area contributed by atoms with Crippen molar-refractivity contribution < 1.29 is 9.53 Å². The highest BCUT2D eigenvalue weighted by atomic mass is 16.5. The van der Waals surface area contributed by atoms with Crippen molar-refractivity contribution in [1.82, 2.24) is 5.32 Å². The lowest BCUT2D eigenvalue weighted by Crippen LogP contribution is -2.28. The molecule has 1 fully saturated rings. The van der Waals surface area contributed by atoms with Gasteiger partial charge in [-0.05, 0) is 56.0 Å². The van der Waals surface area contributed by atoms with Crippen LogP contribution >= 0.6 is 0 Å². The van der Waals surface area contributed by atoms with Crippen LogP contribution in [0.2, 0.25) is 0 Å². The second kappa shape index (κ2) is 5.31. The Morgan fingerprint density at radius 1 is 1.37 bits per heavy atom. The van der Waals surface area contributed by atoms with Gasteiger partial charge in [-0.1, -0.05) is 6.07 Å². The van der Waals surface area contributed by atoms with Gasteiger partial charge in [-0.2, -0.15) is 0 Å². The molecule has 0 aliphatic carbocycles. The number of carbonyl (C=O) groups is 1. The summed E-state index contributed by atoms with van der Waals surface area (Å²) in [5.41, 5.74) is 3.53. The van der Waals surface area contributed by atoms with Crippen molar-refractivity contribution in [2.24, 2.45) is 0 Å². The Morgan fingerprint density at radius 2 is 2.26 bits per heavy atom. The van der Waals surface area contributed by atoms with E-state index in [1.54, 1.807) is 0 Å². The topological polar surface area (TPSA) is 50.4 Å². The summed E-state index contributed by atoms with van der Waals surface area (Å²) in [5.74, 6) is -0.0203. The SMILES string of the molecule is CC1CCC(C(=O)Nc2ccc3c(c2)CNCC3)O1. The van der Waals surface area contributed by atoms with Crippen LogP contribution in [0, 0.1) is 0 Å². The van der Waals surface area contributed by atoms with Gasteiger partial charge in [0.2, 0.25) is 0 Å². The number of ether oxygens (including phenoxy) is 1. The fraction of sp³-hybridized carbons (Fsp3) is 0.533. The number of rotatable bonds is 2. The lowest BCUT2D eigenvalue weighted by molar-refractivity contribution is -0.126. The molecule has 1 amide bonds. The molecule has 2 N–H and O–H groups in total. The Morgan fingerprint density at radius 3 is 3.05 bits per heavy atom.